The Hall–Kier alpha value is -2.61. The molecule has 0 saturated heterocycles. The van der Waals surface area contributed by atoms with Crippen LogP contribution < -0.4 is 10.1 Å². The van der Waals surface area contributed by atoms with Gasteiger partial charge in [-0.3, -0.25) is 0 Å². The van der Waals surface area contributed by atoms with Crippen LogP contribution in [0.3, 0.4) is 0 Å². The maximum absolute atomic E-state index is 6.26. The Morgan fingerprint density at radius 1 is 1.07 bits per heavy atom. The number of thiophene rings is 1. The highest BCUT2D eigenvalue weighted by Crippen LogP contribution is 2.40. The molecule has 5 rings (SSSR count). The van der Waals surface area contributed by atoms with Crippen molar-refractivity contribution >= 4 is 40.4 Å². The van der Waals surface area contributed by atoms with Crippen LogP contribution in [0.5, 0.6) is 5.88 Å². The summed E-state index contributed by atoms with van der Waals surface area (Å²) in [5, 5.41) is 17.6. The minimum absolute atomic E-state index is 0.346. The van der Waals surface area contributed by atoms with E-state index in [2.05, 4.69) is 25.9 Å². The summed E-state index contributed by atoms with van der Waals surface area (Å²) in [4.78, 5) is 4.66. The number of rotatable bonds is 4. The molecule has 1 aliphatic heterocycles. The fraction of sp³-hybridized carbons (Fsp3) is 0.0952. The molecule has 0 aliphatic carbocycles. The Morgan fingerprint density at radius 3 is 2.79 bits per heavy atom. The third-order valence-electron chi connectivity index (χ3n) is 4.49. The number of nitrogens with one attached hydrogen (secondary N) is 1. The fourth-order valence-electron chi connectivity index (χ4n) is 3.04. The third kappa shape index (κ3) is 3.81. The molecule has 2 aromatic carbocycles. The van der Waals surface area contributed by atoms with Crippen molar-refractivity contribution in [2.45, 2.75) is 17.1 Å². The van der Waals surface area contributed by atoms with Crippen molar-refractivity contribution in [1.82, 2.24) is 15.2 Å². The second kappa shape index (κ2) is 8.02. The minimum atomic E-state index is -0.346. The van der Waals surface area contributed by atoms with E-state index >= 15 is 0 Å². The van der Waals surface area contributed by atoms with Crippen LogP contribution in [0.4, 0.5) is 5.69 Å². The van der Waals surface area contributed by atoms with E-state index < -0.39 is 0 Å². The molecule has 0 amide bonds. The van der Waals surface area contributed by atoms with Gasteiger partial charge in [-0.05, 0) is 34.5 Å². The Balaban J connectivity index is 1.49. The molecule has 3 heterocycles. The number of anilines is 1. The van der Waals surface area contributed by atoms with Crippen LogP contribution in [0.2, 0.25) is 5.02 Å². The average molecular weight is 439 g/mol. The van der Waals surface area contributed by atoms with Crippen LogP contribution in [0.1, 0.15) is 17.4 Å². The molecule has 4 aromatic rings. The number of nitrogens with zero attached hydrogens (tertiary/aromatic N) is 3. The van der Waals surface area contributed by atoms with E-state index in [-0.39, 0.29) is 6.23 Å². The lowest BCUT2D eigenvalue weighted by Gasteiger charge is -2.17. The summed E-state index contributed by atoms with van der Waals surface area (Å²) in [7, 11) is 0. The van der Waals surface area contributed by atoms with E-state index in [0.717, 1.165) is 27.4 Å². The van der Waals surface area contributed by atoms with Gasteiger partial charge in [-0.1, -0.05) is 59.8 Å². The van der Waals surface area contributed by atoms with Gasteiger partial charge in [0.05, 0.1) is 0 Å². The number of aromatic nitrogens is 3. The lowest BCUT2D eigenvalue weighted by Crippen LogP contribution is -2.16. The molecular formula is C21H15ClN4OS2. The van der Waals surface area contributed by atoms with Crippen molar-refractivity contribution in [2.75, 3.05) is 5.32 Å². The quantitative estimate of drug-likeness (QED) is 0.391. The first kappa shape index (κ1) is 18.4. The SMILES string of the molecule is Clc1ccccc1CSc1nnc2c(n1)OC(c1ccsc1)Nc1ccccc1-2. The molecule has 1 unspecified atom stereocenters. The normalized spacial score (nSPS) is 14.9. The minimum Gasteiger partial charge on any atom is -0.448 e. The molecule has 29 heavy (non-hydrogen) atoms. The Kier molecular flexibility index (Phi) is 5.10. The third-order valence-corrected chi connectivity index (χ3v) is 6.45. The number of fused-ring (bicyclic) bond motifs is 3. The molecule has 5 nitrogen and oxygen atoms in total. The molecule has 0 radical (unpaired) electrons. The summed E-state index contributed by atoms with van der Waals surface area (Å²) < 4.78 is 6.24. The maximum Gasteiger partial charge on any atom is 0.247 e. The van der Waals surface area contributed by atoms with Crippen LogP contribution in [-0.2, 0) is 5.75 Å². The van der Waals surface area contributed by atoms with Crippen LogP contribution in [0, 0.1) is 0 Å². The Labute approximate surface area is 181 Å². The number of ether oxygens (including phenoxy) is 1. The smallest absolute Gasteiger partial charge is 0.247 e. The van der Waals surface area contributed by atoms with Gasteiger partial charge in [0.1, 0.15) is 0 Å². The van der Waals surface area contributed by atoms with Crippen LogP contribution in [-0.4, -0.2) is 15.2 Å². The summed E-state index contributed by atoms with van der Waals surface area (Å²) in [6.45, 7) is 0. The van der Waals surface area contributed by atoms with Crippen LogP contribution in [0.25, 0.3) is 11.3 Å². The number of halogens is 1. The topological polar surface area (TPSA) is 59.9 Å². The highest BCUT2D eigenvalue weighted by atomic mass is 35.5. The zero-order chi connectivity index (χ0) is 19.6. The molecule has 1 aliphatic rings. The molecule has 8 heteroatoms. The van der Waals surface area contributed by atoms with Gasteiger partial charge in [-0.25, -0.2) is 0 Å². The molecule has 0 fully saturated rings. The molecule has 0 bridgehead atoms. The highest BCUT2D eigenvalue weighted by Gasteiger charge is 2.26. The summed E-state index contributed by atoms with van der Waals surface area (Å²) >= 11 is 9.37. The number of para-hydroxylation sites is 1. The Bertz CT molecular complexity index is 1150. The lowest BCUT2D eigenvalue weighted by atomic mass is 10.1. The zero-order valence-electron chi connectivity index (χ0n) is 15.1. The first-order chi connectivity index (χ1) is 14.3. The predicted molar refractivity (Wildman–Crippen MR) is 118 cm³/mol. The molecule has 0 saturated carbocycles. The molecule has 1 atom stereocenters. The second-order valence-electron chi connectivity index (χ2n) is 6.37. The Morgan fingerprint density at radius 2 is 1.93 bits per heavy atom. The number of thioether (sulfide) groups is 1. The van der Waals surface area contributed by atoms with Gasteiger partial charge in [-0.15, -0.1) is 10.2 Å². The van der Waals surface area contributed by atoms with Gasteiger partial charge in [0, 0.05) is 27.6 Å². The van der Waals surface area contributed by atoms with Crippen molar-refractivity contribution in [1.29, 1.82) is 0 Å². The summed E-state index contributed by atoms with van der Waals surface area (Å²) in [5.74, 6) is 1.12. The van der Waals surface area contributed by atoms with Gasteiger partial charge in [0.2, 0.25) is 11.0 Å². The highest BCUT2D eigenvalue weighted by molar-refractivity contribution is 7.98. The van der Waals surface area contributed by atoms with Crippen molar-refractivity contribution in [2.24, 2.45) is 0 Å². The van der Waals surface area contributed by atoms with Gasteiger partial charge < -0.3 is 10.1 Å². The average Bonchev–Trinajstić information content (AvgIpc) is 3.23. The fourth-order valence-corrected chi connectivity index (χ4v) is 4.78. The predicted octanol–water partition coefficient (Wildman–Crippen LogP) is 6.05. The van der Waals surface area contributed by atoms with Gasteiger partial charge in [0.15, 0.2) is 11.9 Å². The summed E-state index contributed by atoms with van der Waals surface area (Å²) in [5.41, 5.74) is 4.56. The monoisotopic (exact) mass is 438 g/mol. The van der Waals surface area contributed by atoms with Gasteiger partial charge in [-0.2, -0.15) is 16.3 Å². The molecule has 2 aromatic heterocycles. The number of hydrogen-bond donors (Lipinski definition) is 1. The van der Waals surface area contributed by atoms with Crippen LogP contribution >= 0.6 is 34.7 Å². The van der Waals surface area contributed by atoms with Crippen molar-refractivity contribution in [3.05, 3.63) is 81.5 Å². The summed E-state index contributed by atoms with van der Waals surface area (Å²) in [6.07, 6.45) is -0.346. The zero-order valence-corrected chi connectivity index (χ0v) is 17.5. The maximum atomic E-state index is 6.26. The van der Waals surface area contributed by atoms with E-state index in [4.69, 9.17) is 16.3 Å². The van der Waals surface area contributed by atoms with E-state index in [0.29, 0.717) is 22.5 Å². The van der Waals surface area contributed by atoms with Crippen LogP contribution in [0.15, 0.2) is 70.5 Å². The van der Waals surface area contributed by atoms with E-state index in [1.165, 1.54) is 11.8 Å². The van der Waals surface area contributed by atoms with E-state index in [1.807, 2.05) is 60.0 Å². The summed E-state index contributed by atoms with van der Waals surface area (Å²) in [6, 6.07) is 17.8. The van der Waals surface area contributed by atoms with Gasteiger partial charge >= 0.3 is 0 Å². The number of benzene rings is 2. The van der Waals surface area contributed by atoms with Crippen molar-refractivity contribution in [3.63, 3.8) is 0 Å². The second-order valence-corrected chi connectivity index (χ2v) is 8.50. The van der Waals surface area contributed by atoms with Crippen molar-refractivity contribution < 1.29 is 4.74 Å². The molecule has 0 spiro atoms. The number of hydrogen-bond acceptors (Lipinski definition) is 7. The molecule has 144 valence electrons. The lowest BCUT2D eigenvalue weighted by molar-refractivity contribution is 0.225. The standard InChI is InChI=1S/C21H15ClN4OS2/c22-16-7-3-1-5-13(16)12-29-21-24-20-18(25-26-21)15-6-2-4-8-17(15)23-19(27-20)14-9-10-28-11-14/h1-11,19,23H,12H2. The van der Waals surface area contributed by atoms with Gasteiger partial charge in [0.25, 0.3) is 0 Å². The molecule has 1 N–H and O–H groups in total. The molecular weight excluding hydrogens is 424 g/mol. The van der Waals surface area contributed by atoms with E-state index in [9.17, 15) is 0 Å². The first-order valence-corrected chi connectivity index (χ1v) is 11.2. The first-order valence-electron chi connectivity index (χ1n) is 8.93. The van der Waals surface area contributed by atoms with E-state index in [1.54, 1.807) is 11.3 Å². The van der Waals surface area contributed by atoms with Crippen molar-refractivity contribution in [3.8, 4) is 17.1 Å². The largest absolute Gasteiger partial charge is 0.448 e.